The number of amides is 1. The largest absolute Gasteiger partial charge is 0.484 e. The summed E-state index contributed by atoms with van der Waals surface area (Å²) < 4.78 is 12.7. The van der Waals surface area contributed by atoms with Crippen molar-refractivity contribution in [3.63, 3.8) is 0 Å². The highest BCUT2D eigenvalue weighted by molar-refractivity contribution is 5.77. The van der Waals surface area contributed by atoms with Gasteiger partial charge in [-0.05, 0) is 49.8 Å². The van der Waals surface area contributed by atoms with Crippen LogP contribution in [-0.4, -0.2) is 60.4 Å². The van der Waals surface area contributed by atoms with Crippen molar-refractivity contribution in [1.82, 2.24) is 33.6 Å². The van der Waals surface area contributed by atoms with Gasteiger partial charge in [-0.1, -0.05) is 26.0 Å². The first-order chi connectivity index (χ1) is 20.5. The number of nitrogens with one attached hydrogen (secondary N) is 1. The van der Waals surface area contributed by atoms with Crippen LogP contribution in [0.4, 0.5) is 5.95 Å². The van der Waals surface area contributed by atoms with Crippen LogP contribution in [0.5, 0.6) is 5.75 Å². The molecule has 224 valence electrons. The van der Waals surface area contributed by atoms with Crippen molar-refractivity contribution in [2.45, 2.75) is 72.1 Å². The van der Waals surface area contributed by atoms with Crippen molar-refractivity contribution in [3.8, 4) is 5.75 Å². The number of nitrogens with zero attached hydrogens (tertiary/aromatic N) is 7. The maximum atomic E-state index is 13.4. The molecule has 12 heteroatoms. The molecule has 0 aliphatic carbocycles. The van der Waals surface area contributed by atoms with E-state index < -0.39 is 0 Å². The summed E-state index contributed by atoms with van der Waals surface area (Å²) >= 11 is 0. The molecule has 5 rings (SSSR count). The van der Waals surface area contributed by atoms with Crippen LogP contribution in [0, 0.1) is 0 Å². The Labute approximate surface area is 244 Å². The zero-order chi connectivity index (χ0) is 29.5. The number of imidazole rings is 2. The lowest BCUT2D eigenvalue weighted by Crippen LogP contribution is -2.41. The molecule has 1 aliphatic rings. The van der Waals surface area contributed by atoms with E-state index in [1.165, 1.54) is 4.57 Å². The van der Waals surface area contributed by atoms with E-state index >= 15 is 0 Å². The maximum Gasteiger partial charge on any atom is 0.332 e. The number of ether oxygens (including phenoxy) is 1. The van der Waals surface area contributed by atoms with Crippen molar-refractivity contribution in [1.29, 1.82) is 0 Å². The first-order valence-electron chi connectivity index (χ1n) is 14.9. The lowest BCUT2D eigenvalue weighted by Gasteiger charge is -2.29. The average Bonchev–Trinajstić information content (AvgIpc) is 3.66. The van der Waals surface area contributed by atoms with Gasteiger partial charge >= 0.3 is 5.69 Å². The molecule has 1 aromatic carbocycles. The lowest BCUT2D eigenvalue weighted by molar-refractivity contribution is -0.123. The predicted molar refractivity (Wildman–Crippen MR) is 161 cm³/mol. The summed E-state index contributed by atoms with van der Waals surface area (Å²) in [6.45, 7) is 8.54. The smallest absolute Gasteiger partial charge is 0.332 e. The van der Waals surface area contributed by atoms with Crippen LogP contribution in [0.3, 0.4) is 0 Å². The Morgan fingerprint density at radius 1 is 1.00 bits per heavy atom. The molecule has 0 radical (unpaired) electrons. The van der Waals surface area contributed by atoms with Crippen LogP contribution in [-0.2, 0) is 37.4 Å². The highest BCUT2D eigenvalue weighted by Crippen LogP contribution is 2.25. The second kappa shape index (κ2) is 13.5. The number of rotatable bonds is 14. The number of aromatic nitrogens is 6. The minimum Gasteiger partial charge on any atom is -0.484 e. The molecule has 0 atom stereocenters. The number of hydrogen-bond donors (Lipinski definition) is 1. The van der Waals surface area contributed by atoms with Gasteiger partial charge in [0.05, 0.1) is 6.33 Å². The standard InChI is InChI=1S/C30H40N8O4/c1-3-14-37-27-26(28(40)38(15-4-2)30(37)41)36-18-6-17-35(29(36)33-27)19-11-23-7-9-24(10-8-23)42-21-25(39)32-12-5-16-34-20-13-31-22-34/h7-10,13,20,22H,3-6,11-12,14-19,21H2,1-2H3,(H,32,39). The maximum absolute atomic E-state index is 13.4. The van der Waals surface area contributed by atoms with Crippen LogP contribution in [0.25, 0.3) is 11.2 Å². The molecule has 4 aromatic rings. The monoisotopic (exact) mass is 576 g/mol. The summed E-state index contributed by atoms with van der Waals surface area (Å²) in [6.07, 6.45) is 9.39. The fourth-order valence-corrected chi connectivity index (χ4v) is 5.43. The molecule has 12 nitrogen and oxygen atoms in total. The highest BCUT2D eigenvalue weighted by Gasteiger charge is 2.26. The molecule has 0 bridgehead atoms. The predicted octanol–water partition coefficient (Wildman–Crippen LogP) is 2.41. The summed E-state index contributed by atoms with van der Waals surface area (Å²) in [4.78, 5) is 49.7. The molecule has 0 fully saturated rings. The summed E-state index contributed by atoms with van der Waals surface area (Å²) in [6, 6.07) is 7.78. The van der Waals surface area contributed by atoms with Gasteiger partial charge in [-0.25, -0.2) is 9.78 Å². The average molecular weight is 577 g/mol. The van der Waals surface area contributed by atoms with E-state index in [0.29, 0.717) is 49.5 Å². The molecule has 0 saturated heterocycles. The topological polar surface area (TPSA) is 121 Å². The van der Waals surface area contributed by atoms with Gasteiger partial charge in [0.25, 0.3) is 11.5 Å². The SMILES string of the molecule is CCCn1c(=O)c2c(nc3n2CCCN3CCc2ccc(OCC(=O)NCCCn3ccnc3)cc2)n(CCC)c1=O. The molecule has 0 spiro atoms. The van der Waals surface area contributed by atoms with E-state index in [2.05, 4.69) is 15.2 Å². The van der Waals surface area contributed by atoms with Crippen molar-refractivity contribution >= 4 is 23.0 Å². The van der Waals surface area contributed by atoms with Crippen LogP contribution >= 0.6 is 0 Å². The number of carbonyl (C=O) groups is 1. The van der Waals surface area contributed by atoms with Gasteiger partial charge < -0.3 is 24.1 Å². The van der Waals surface area contributed by atoms with Crippen LogP contribution in [0.1, 0.15) is 45.1 Å². The van der Waals surface area contributed by atoms with Crippen LogP contribution in [0.15, 0.2) is 52.6 Å². The molecule has 0 saturated carbocycles. The van der Waals surface area contributed by atoms with Crippen LogP contribution < -0.4 is 26.2 Å². The fourth-order valence-electron chi connectivity index (χ4n) is 5.43. The van der Waals surface area contributed by atoms with E-state index in [1.54, 1.807) is 17.1 Å². The molecule has 3 aromatic heterocycles. The number of anilines is 1. The van der Waals surface area contributed by atoms with Gasteiger partial charge in [-0.15, -0.1) is 0 Å². The number of fused-ring (bicyclic) bond motifs is 3. The van der Waals surface area contributed by atoms with Gasteiger partial charge in [0.1, 0.15) is 5.75 Å². The van der Waals surface area contributed by atoms with Crippen molar-refractivity contribution < 1.29 is 9.53 Å². The minimum absolute atomic E-state index is 0.0303. The van der Waals surface area contributed by atoms with E-state index in [1.807, 2.05) is 53.4 Å². The third kappa shape index (κ3) is 6.42. The quantitative estimate of drug-likeness (QED) is 0.229. The Morgan fingerprint density at radius 2 is 1.79 bits per heavy atom. The fraction of sp³-hybridized carbons (Fsp3) is 0.500. The molecule has 0 unspecified atom stereocenters. The summed E-state index contributed by atoms with van der Waals surface area (Å²) in [5, 5.41) is 2.88. The van der Waals surface area contributed by atoms with Crippen molar-refractivity contribution in [2.75, 3.05) is 31.1 Å². The summed E-state index contributed by atoms with van der Waals surface area (Å²) in [5.41, 5.74) is 1.63. The molecule has 4 heterocycles. The highest BCUT2D eigenvalue weighted by atomic mass is 16.5. The molecular weight excluding hydrogens is 536 g/mol. The Bertz CT molecular complexity index is 1600. The number of aryl methyl sites for hydroxylation is 3. The molecule has 1 amide bonds. The molecule has 1 aliphatic heterocycles. The summed E-state index contributed by atoms with van der Waals surface area (Å²) in [5.74, 6) is 1.25. The van der Waals surface area contributed by atoms with Gasteiger partial charge in [-0.3, -0.25) is 18.7 Å². The minimum atomic E-state index is -0.274. The Hall–Kier alpha value is -4.35. The Kier molecular flexibility index (Phi) is 9.40. The molecule has 1 N–H and O–H groups in total. The van der Waals surface area contributed by atoms with Gasteiger partial charge in [-0.2, -0.15) is 4.98 Å². The first kappa shape index (κ1) is 29.2. The zero-order valence-corrected chi connectivity index (χ0v) is 24.5. The lowest BCUT2D eigenvalue weighted by atomic mass is 10.1. The van der Waals surface area contributed by atoms with Crippen LogP contribution in [0.2, 0.25) is 0 Å². The van der Waals surface area contributed by atoms with Gasteiger partial charge in [0.15, 0.2) is 17.8 Å². The van der Waals surface area contributed by atoms with Crippen molar-refractivity contribution in [2.24, 2.45) is 0 Å². The molecular formula is C30H40N8O4. The Morgan fingerprint density at radius 3 is 2.52 bits per heavy atom. The normalized spacial score (nSPS) is 13.0. The van der Waals surface area contributed by atoms with E-state index in [4.69, 9.17) is 9.72 Å². The van der Waals surface area contributed by atoms with E-state index in [0.717, 1.165) is 56.8 Å². The third-order valence-electron chi connectivity index (χ3n) is 7.52. The van der Waals surface area contributed by atoms with E-state index in [-0.39, 0.29) is 23.8 Å². The second-order valence-corrected chi connectivity index (χ2v) is 10.7. The molecule has 42 heavy (non-hydrogen) atoms. The van der Waals surface area contributed by atoms with Crippen molar-refractivity contribution in [3.05, 3.63) is 69.4 Å². The zero-order valence-electron chi connectivity index (χ0n) is 24.5. The number of benzene rings is 1. The van der Waals surface area contributed by atoms with E-state index in [9.17, 15) is 14.4 Å². The van der Waals surface area contributed by atoms with Gasteiger partial charge in [0, 0.05) is 58.2 Å². The Balaban J connectivity index is 1.19. The number of carbonyl (C=O) groups excluding carboxylic acids is 1. The second-order valence-electron chi connectivity index (χ2n) is 10.7. The number of hydrogen-bond acceptors (Lipinski definition) is 7. The first-order valence-corrected chi connectivity index (χ1v) is 14.9. The third-order valence-corrected chi connectivity index (χ3v) is 7.52. The van der Waals surface area contributed by atoms with Gasteiger partial charge in [0.2, 0.25) is 5.95 Å². The summed E-state index contributed by atoms with van der Waals surface area (Å²) in [7, 11) is 0.